The third kappa shape index (κ3) is 6.21. The first kappa shape index (κ1) is 32.6. The predicted octanol–water partition coefficient (Wildman–Crippen LogP) is 8.32. The van der Waals surface area contributed by atoms with Crippen LogP contribution in [0.25, 0.3) is 0 Å². The first-order chi connectivity index (χ1) is 18.9. The summed E-state index contributed by atoms with van der Waals surface area (Å²) in [7, 11) is -1.80. The standard InChI is InChI=1S/C35H58O5Si/c1-22(21-39-24(3)36)11-14-30(37)23(2)32-31(38)20-29-27-13-12-25-19-26(40-41(9,10)33(4,5)6)15-17-34(25,7)28(27)16-18-35(29,32)8/h12,22-23,26-29,32H,11,13-21H2,1-10H3/t22-,23-,26-,27+,28-,29-,32?,34-,35-/m0/s1. The molecule has 0 radical (unpaired) electrons. The van der Waals surface area contributed by atoms with Crippen LogP contribution in [0.15, 0.2) is 11.6 Å². The van der Waals surface area contributed by atoms with Crippen molar-refractivity contribution in [2.75, 3.05) is 6.61 Å². The average molecular weight is 587 g/mol. The van der Waals surface area contributed by atoms with E-state index in [2.05, 4.69) is 53.8 Å². The van der Waals surface area contributed by atoms with Gasteiger partial charge in [0.2, 0.25) is 0 Å². The quantitative estimate of drug-likeness (QED) is 0.154. The van der Waals surface area contributed by atoms with Gasteiger partial charge in [-0.2, -0.15) is 0 Å². The Morgan fingerprint density at radius 2 is 1.76 bits per heavy atom. The van der Waals surface area contributed by atoms with E-state index in [1.165, 1.54) is 13.3 Å². The second-order valence-electron chi connectivity index (χ2n) is 16.4. The smallest absolute Gasteiger partial charge is 0.302 e. The SMILES string of the molecule is CC(=O)OC[C@@H](C)CCC(=O)[C@H](C)C1C(=O)C[C@H]2[C@@H]3CC=C4C[C@@H](O[Si](C)(C)C(C)(C)C)CC[C@]4(C)[C@H]3CC[C@]12C. The summed E-state index contributed by atoms with van der Waals surface area (Å²) in [5, 5.41) is 0.222. The molecule has 3 saturated carbocycles. The van der Waals surface area contributed by atoms with E-state index >= 15 is 0 Å². The van der Waals surface area contributed by atoms with Crippen LogP contribution >= 0.6 is 0 Å². The summed E-state index contributed by atoms with van der Waals surface area (Å²) in [6.45, 7) is 22.3. The van der Waals surface area contributed by atoms with Crippen LogP contribution in [0.5, 0.6) is 0 Å². The van der Waals surface area contributed by atoms with Crippen LogP contribution in [0.3, 0.4) is 0 Å². The first-order valence-electron chi connectivity index (χ1n) is 16.5. The largest absolute Gasteiger partial charge is 0.466 e. The van der Waals surface area contributed by atoms with Crippen molar-refractivity contribution in [2.45, 2.75) is 137 Å². The molecule has 0 aromatic carbocycles. The van der Waals surface area contributed by atoms with Crippen LogP contribution in [0.4, 0.5) is 0 Å². The summed E-state index contributed by atoms with van der Waals surface area (Å²) in [4.78, 5) is 38.2. The number of esters is 1. The minimum Gasteiger partial charge on any atom is -0.466 e. The van der Waals surface area contributed by atoms with Crippen molar-refractivity contribution >= 4 is 25.9 Å². The van der Waals surface area contributed by atoms with Gasteiger partial charge in [-0.1, -0.05) is 60.1 Å². The van der Waals surface area contributed by atoms with Gasteiger partial charge in [-0.25, -0.2) is 0 Å². The third-order valence-electron chi connectivity index (χ3n) is 12.7. The molecule has 0 heterocycles. The Balaban J connectivity index is 1.45. The Morgan fingerprint density at radius 3 is 2.39 bits per heavy atom. The molecule has 4 aliphatic carbocycles. The van der Waals surface area contributed by atoms with E-state index in [9.17, 15) is 14.4 Å². The molecule has 0 aromatic heterocycles. The van der Waals surface area contributed by atoms with Crippen molar-refractivity contribution in [3.8, 4) is 0 Å². The predicted molar refractivity (Wildman–Crippen MR) is 167 cm³/mol. The van der Waals surface area contributed by atoms with Gasteiger partial charge in [-0.15, -0.1) is 0 Å². The fourth-order valence-electron chi connectivity index (χ4n) is 9.15. The second-order valence-corrected chi connectivity index (χ2v) is 21.2. The van der Waals surface area contributed by atoms with Gasteiger partial charge >= 0.3 is 5.97 Å². The number of ketones is 2. The van der Waals surface area contributed by atoms with Crippen LogP contribution in [0.2, 0.25) is 18.1 Å². The topological polar surface area (TPSA) is 69.7 Å². The van der Waals surface area contributed by atoms with Crippen LogP contribution < -0.4 is 0 Å². The number of ether oxygens (including phenoxy) is 1. The lowest BCUT2D eigenvalue weighted by molar-refractivity contribution is -0.142. The molecule has 6 heteroatoms. The number of allylic oxidation sites excluding steroid dienone is 1. The average Bonchev–Trinajstić information content (AvgIpc) is 3.14. The molecule has 0 aromatic rings. The van der Waals surface area contributed by atoms with Crippen molar-refractivity contribution in [1.29, 1.82) is 0 Å². The van der Waals surface area contributed by atoms with Crippen molar-refractivity contribution < 1.29 is 23.5 Å². The Hall–Kier alpha value is -1.27. The molecule has 4 rings (SSSR count). The van der Waals surface area contributed by atoms with Crippen molar-refractivity contribution in [2.24, 2.45) is 46.3 Å². The normalized spacial score (nSPS) is 36.9. The van der Waals surface area contributed by atoms with Gasteiger partial charge in [0, 0.05) is 37.7 Å². The van der Waals surface area contributed by atoms with Gasteiger partial charge in [-0.05, 0) is 97.6 Å². The molecule has 0 amide bonds. The molecule has 5 nitrogen and oxygen atoms in total. The summed E-state index contributed by atoms with van der Waals surface area (Å²) in [6, 6.07) is 0. The van der Waals surface area contributed by atoms with E-state index in [1.807, 2.05) is 13.8 Å². The molecular weight excluding hydrogens is 528 g/mol. The van der Waals surface area contributed by atoms with Crippen LogP contribution in [0, 0.1) is 46.3 Å². The monoisotopic (exact) mass is 586 g/mol. The maximum absolute atomic E-state index is 13.7. The van der Waals surface area contributed by atoms with Gasteiger partial charge in [0.1, 0.15) is 11.6 Å². The number of fused-ring (bicyclic) bond motifs is 5. The third-order valence-corrected chi connectivity index (χ3v) is 17.2. The van der Waals surface area contributed by atoms with E-state index < -0.39 is 8.32 Å². The van der Waals surface area contributed by atoms with Crippen LogP contribution in [-0.2, 0) is 23.5 Å². The number of hydrogen-bond donors (Lipinski definition) is 0. The number of hydrogen-bond acceptors (Lipinski definition) is 5. The highest BCUT2D eigenvalue weighted by Gasteiger charge is 2.62. The fourth-order valence-corrected chi connectivity index (χ4v) is 10.5. The zero-order valence-electron chi connectivity index (χ0n) is 27.7. The van der Waals surface area contributed by atoms with Gasteiger partial charge in [0.25, 0.3) is 0 Å². The maximum atomic E-state index is 13.7. The first-order valence-corrected chi connectivity index (χ1v) is 19.4. The van der Waals surface area contributed by atoms with E-state index in [0.29, 0.717) is 55.5 Å². The minimum absolute atomic E-state index is 0.0962. The fraction of sp³-hybridized carbons (Fsp3) is 0.857. The molecule has 3 fully saturated rings. The summed E-state index contributed by atoms with van der Waals surface area (Å²) in [6.07, 6.45) is 11.3. The Bertz CT molecular complexity index is 1060. The van der Waals surface area contributed by atoms with E-state index in [-0.39, 0.29) is 45.4 Å². The van der Waals surface area contributed by atoms with Crippen LogP contribution in [0.1, 0.15) is 113 Å². The van der Waals surface area contributed by atoms with Gasteiger partial charge in [0.15, 0.2) is 8.32 Å². The Labute approximate surface area is 251 Å². The summed E-state index contributed by atoms with van der Waals surface area (Å²) in [5.41, 5.74) is 1.73. The molecule has 1 unspecified atom stereocenters. The zero-order chi connectivity index (χ0) is 30.5. The maximum Gasteiger partial charge on any atom is 0.302 e. The molecular formula is C35H58O5Si. The number of carbonyl (C=O) groups is 3. The molecule has 0 N–H and O–H groups in total. The summed E-state index contributed by atoms with van der Waals surface area (Å²) >= 11 is 0. The lowest BCUT2D eigenvalue weighted by Crippen LogP contribution is -2.52. The summed E-state index contributed by atoms with van der Waals surface area (Å²) < 4.78 is 12.0. The number of rotatable bonds is 9. The minimum atomic E-state index is -1.80. The highest BCUT2D eigenvalue weighted by Crippen LogP contribution is 2.66. The van der Waals surface area contributed by atoms with Gasteiger partial charge in [0.05, 0.1) is 6.61 Å². The van der Waals surface area contributed by atoms with Crippen molar-refractivity contribution in [1.82, 2.24) is 0 Å². The van der Waals surface area contributed by atoms with Crippen LogP contribution in [-0.4, -0.2) is 38.6 Å². The molecule has 0 aliphatic heterocycles. The Morgan fingerprint density at radius 1 is 1.07 bits per heavy atom. The van der Waals surface area contributed by atoms with E-state index in [0.717, 1.165) is 32.1 Å². The van der Waals surface area contributed by atoms with E-state index in [1.54, 1.807) is 5.57 Å². The molecule has 0 saturated heterocycles. The Kier molecular flexibility index (Phi) is 9.29. The number of carbonyl (C=O) groups excluding carboxylic acids is 3. The molecule has 4 aliphatic rings. The van der Waals surface area contributed by atoms with Crippen molar-refractivity contribution in [3.05, 3.63) is 11.6 Å². The van der Waals surface area contributed by atoms with Gasteiger partial charge < -0.3 is 9.16 Å². The molecule has 232 valence electrons. The zero-order valence-corrected chi connectivity index (χ0v) is 28.7. The number of Topliss-reactive ketones (excluding diaryl/α,β-unsaturated/α-hetero) is 2. The van der Waals surface area contributed by atoms with E-state index in [4.69, 9.17) is 9.16 Å². The van der Waals surface area contributed by atoms with Crippen molar-refractivity contribution in [3.63, 3.8) is 0 Å². The molecule has 0 spiro atoms. The summed E-state index contributed by atoms with van der Waals surface area (Å²) in [5.74, 6) is 1.47. The second kappa shape index (κ2) is 11.7. The lowest BCUT2D eigenvalue weighted by Gasteiger charge is -2.58. The molecule has 0 bridgehead atoms. The highest BCUT2D eigenvalue weighted by molar-refractivity contribution is 6.74. The lowest BCUT2D eigenvalue weighted by atomic mass is 9.47. The molecule has 9 atom stereocenters. The van der Waals surface area contributed by atoms with Gasteiger partial charge in [-0.3, -0.25) is 14.4 Å². The highest BCUT2D eigenvalue weighted by atomic mass is 28.4. The molecule has 41 heavy (non-hydrogen) atoms.